The molecule has 0 saturated carbocycles. The lowest BCUT2D eigenvalue weighted by molar-refractivity contribution is 0.0204. The monoisotopic (exact) mass is 266 g/mol. The van der Waals surface area contributed by atoms with Crippen LogP contribution in [0.3, 0.4) is 0 Å². The number of hydrogen-bond donors (Lipinski definition) is 4. The smallest absolute Gasteiger partial charge is 0.277 e. The van der Waals surface area contributed by atoms with Crippen molar-refractivity contribution in [3.8, 4) is 0 Å². The molecular weight excluding hydrogens is 248 g/mol. The van der Waals surface area contributed by atoms with E-state index in [1.807, 2.05) is 4.90 Å². The van der Waals surface area contributed by atoms with Gasteiger partial charge in [0, 0.05) is 13.2 Å². The zero-order valence-electron chi connectivity index (χ0n) is 10.6. The number of anilines is 3. The summed E-state index contributed by atoms with van der Waals surface area (Å²) in [4.78, 5) is 20.2. The van der Waals surface area contributed by atoms with E-state index in [0.717, 1.165) is 25.9 Å². The highest BCUT2D eigenvalue weighted by Crippen LogP contribution is 2.29. The van der Waals surface area contributed by atoms with Crippen LogP contribution >= 0.6 is 0 Å². The maximum atomic E-state index is 11.8. The standard InChI is InChI=1S/C11H18N6O2/c12-10-15-8-7(9(18)16-10)14-11(13)17(8)5-6-3-1-2-4-19-6/h6,11,14H,1-5,13H2,(H3,12,15,16,18). The number of nitrogens with one attached hydrogen (secondary N) is 2. The molecule has 0 amide bonds. The Hall–Kier alpha value is -1.80. The summed E-state index contributed by atoms with van der Waals surface area (Å²) < 4.78 is 5.69. The van der Waals surface area contributed by atoms with E-state index in [0.29, 0.717) is 18.1 Å². The van der Waals surface area contributed by atoms with Crippen molar-refractivity contribution in [1.82, 2.24) is 9.97 Å². The summed E-state index contributed by atoms with van der Waals surface area (Å²) in [6.07, 6.45) is 2.89. The van der Waals surface area contributed by atoms with Crippen molar-refractivity contribution < 1.29 is 4.74 Å². The zero-order valence-corrected chi connectivity index (χ0v) is 10.6. The first-order valence-electron chi connectivity index (χ1n) is 6.45. The van der Waals surface area contributed by atoms with Gasteiger partial charge in [-0.15, -0.1) is 0 Å². The van der Waals surface area contributed by atoms with Gasteiger partial charge < -0.3 is 20.7 Å². The van der Waals surface area contributed by atoms with Crippen LogP contribution in [0.5, 0.6) is 0 Å². The van der Waals surface area contributed by atoms with Crippen molar-refractivity contribution in [2.24, 2.45) is 5.73 Å². The third-order valence-corrected chi connectivity index (χ3v) is 3.49. The minimum absolute atomic E-state index is 0.0919. The van der Waals surface area contributed by atoms with Crippen LogP contribution in [0, 0.1) is 0 Å². The molecule has 1 aromatic heterocycles. The van der Waals surface area contributed by atoms with Crippen molar-refractivity contribution >= 4 is 17.5 Å². The summed E-state index contributed by atoms with van der Waals surface area (Å²) in [7, 11) is 0. The molecule has 2 unspecified atom stereocenters. The first-order valence-corrected chi connectivity index (χ1v) is 6.45. The number of hydrogen-bond acceptors (Lipinski definition) is 7. The maximum absolute atomic E-state index is 11.8. The Morgan fingerprint density at radius 3 is 3.05 bits per heavy atom. The van der Waals surface area contributed by atoms with Gasteiger partial charge in [-0.05, 0) is 19.3 Å². The van der Waals surface area contributed by atoms with Gasteiger partial charge in [-0.1, -0.05) is 0 Å². The minimum atomic E-state index is -0.476. The zero-order chi connectivity index (χ0) is 13.4. The number of nitrogen functional groups attached to an aromatic ring is 1. The lowest BCUT2D eigenvalue weighted by Crippen LogP contribution is -2.47. The van der Waals surface area contributed by atoms with Gasteiger partial charge in [0.2, 0.25) is 5.95 Å². The van der Waals surface area contributed by atoms with Crippen LogP contribution < -0.4 is 27.2 Å². The number of aromatic nitrogens is 2. The summed E-state index contributed by atoms with van der Waals surface area (Å²) in [6, 6.07) is 0. The molecule has 8 heteroatoms. The topological polar surface area (TPSA) is 122 Å². The maximum Gasteiger partial charge on any atom is 0.277 e. The number of rotatable bonds is 2. The van der Waals surface area contributed by atoms with Crippen molar-refractivity contribution in [2.75, 3.05) is 29.1 Å². The molecule has 0 spiro atoms. The average molecular weight is 266 g/mol. The molecule has 0 radical (unpaired) electrons. The Morgan fingerprint density at radius 2 is 2.32 bits per heavy atom. The van der Waals surface area contributed by atoms with E-state index in [1.54, 1.807) is 0 Å². The quantitative estimate of drug-likeness (QED) is 0.563. The molecule has 19 heavy (non-hydrogen) atoms. The average Bonchev–Trinajstić information content (AvgIpc) is 2.69. The van der Waals surface area contributed by atoms with Gasteiger partial charge in [-0.2, -0.15) is 4.98 Å². The van der Waals surface area contributed by atoms with Crippen LogP contribution in [0.1, 0.15) is 19.3 Å². The summed E-state index contributed by atoms with van der Waals surface area (Å²) in [5.74, 6) is 0.595. The van der Waals surface area contributed by atoms with Gasteiger partial charge in [0.15, 0.2) is 12.1 Å². The van der Waals surface area contributed by atoms with Crippen LogP contribution in [0.25, 0.3) is 0 Å². The van der Waals surface area contributed by atoms with Gasteiger partial charge in [-0.25, -0.2) is 0 Å². The highest BCUT2D eigenvalue weighted by Gasteiger charge is 2.32. The second-order valence-electron chi connectivity index (χ2n) is 4.88. The Labute approximate surface area is 110 Å². The van der Waals surface area contributed by atoms with Gasteiger partial charge >= 0.3 is 0 Å². The van der Waals surface area contributed by atoms with Crippen LogP contribution in [0.15, 0.2) is 4.79 Å². The van der Waals surface area contributed by atoms with E-state index in [2.05, 4.69) is 15.3 Å². The van der Waals surface area contributed by atoms with Crippen LogP contribution in [0.4, 0.5) is 17.5 Å². The summed E-state index contributed by atoms with van der Waals surface area (Å²) >= 11 is 0. The molecule has 6 N–H and O–H groups in total. The lowest BCUT2D eigenvalue weighted by Gasteiger charge is -2.30. The minimum Gasteiger partial charge on any atom is -0.376 e. The van der Waals surface area contributed by atoms with E-state index in [-0.39, 0.29) is 17.6 Å². The highest BCUT2D eigenvalue weighted by molar-refractivity contribution is 5.71. The van der Waals surface area contributed by atoms with E-state index in [1.165, 1.54) is 0 Å². The number of nitrogens with two attached hydrogens (primary N) is 2. The Balaban J connectivity index is 1.85. The number of nitrogens with zero attached hydrogens (tertiary/aromatic N) is 2. The fourth-order valence-electron chi connectivity index (χ4n) is 2.54. The predicted octanol–water partition coefficient (Wildman–Crippen LogP) is -0.605. The lowest BCUT2D eigenvalue weighted by atomic mass is 10.1. The van der Waals surface area contributed by atoms with Crippen molar-refractivity contribution in [3.05, 3.63) is 10.4 Å². The van der Waals surface area contributed by atoms with Crippen LogP contribution in [-0.2, 0) is 4.74 Å². The van der Waals surface area contributed by atoms with Gasteiger partial charge in [0.25, 0.3) is 5.56 Å². The fourth-order valence-corrected chi connectivity index (χ4v) is 2.54. The normalized spacial score (nSPS) is 26.1. The third-order valence-electron chi connectivity index (χ3n) is 3.49. The second kappa shape index (κ2) is 4.71. The molecule has 1 saturated heterocycles. The summed E-state index contributed by atoms with van der Waals surface area (Å²) in [5.41, 5.74) is 11.6. The number of ether oxygens (including phenoxy) is 1. The van der Waals surface area contributed by atoms with Crippen LogP contribution in [0.2, 0.25) is 0 Å². The summed E-state index contributed by atoms with van der Waals surface area (Å²) in [6.45, 7) is 1.38. The molecule has 0 aromatic carbocycles. The van der Waals surface area contributed by atoms with Crippen molar-refractivity contribution in [3.63, 3.8) is 0 Å². The summed E-state index contributed by atoms with van der Waals surface area (Å²) in [5, 5.41) is 2.92. The van der Waals surface area contributed by atoms with Crippen molar-refractivity contribution in [2.45, 2.75) is 31.7 Å². The Bertz CT molecular complexity index is 524. The highest BCUT2D eigenvalue weighted by atomic mass is 16.5. The first kappa shape index (κ1) is 12.2. The molecule has 1 aromatic rings. The molecule has 0 aliphatic carbocycles. The molecule has 2 aliphatic heterocycles. The van der Waals surface area contributed by atoms with E-state index < -0.39 is 6.29 Å². The molecule has 0 bridgehead atoms. The predicted molar refractivity (Wildman–Crippen MR) is 71.8 cm³/mol. The first-order chi connectivity index (χ1) is 9.15. The van der Waals surface area contributed by atoms with Gasteiger partial charge in [0.1, 0.15) is 5.69 Å². The van der Waals surface area contributed by atoms with Gasteiger partial charge in [-0.3, -0.25) is 15.5 Å². The Morgan fingerprint density at radius 1 is 1.47 bits per heavy atom. The molecule has 2 atom stereocenters. The van der Waals surface area contributed by atoms with E-state index in [9.17, 15) is 4.79 Å². The Kier molecular flexibility index (Phi) is 3.03. The number of fused-ring (bicyclic) bond motifs is 1. The van der Waals surface area contributed by atoms with E-state index in [4.69, 9.17) is 16.2 Å². The number of aromatic amines is 1. The second-order valence-corrected chi connectivity index (χ2v) is 4.88. The molecule has 1 fully saturated rings. The SMILES string of the molecule is Nc1nc2c(c(=O)[nH]1)NC(N)N2CC1CCCCO1. The third kappa shape index (κ3) is 2.24. The molecular formula is C11H18N6O2. The number of H-pyrrole nitrogens is 1. The van der Waals surface area contributed by atoms with E-state index >= 15 is 0 Å². The molecule has 2 aliphatic rings. The van der Waals surface area contributed by atoms with Gasteiger partial charge in [0.05, 0.1) is 6.10 Å². The molecule has 3 heterocycles. The van der Waals surface area contributed by atoms with Crippen molar-refractivity contribution in [1.29, 1.82) is 0 Å². The van der Waals surface area contributed by atoms with Crippen LogP contribution in [-0.4, -0.2) is 35.5 Å². The largest absolute Gasteiger partial charge is 0.376 e. The molecule has 3 rings (SSSR count). The molecule has 8 nitrogen and oxygen atoms in total. The fraction of sp³-hybridized carbons (Fsp3) is 0.636. The molecule has 104 valence electrons.